The normalized spacial score (nSPS) is 10.8. The first kappa shape index (κ1) is 31.0. The number of ether oxygens (including phenoxy) is 1. The number of carbonyl (C=O) groups is 3. The molecule has 4 rings (SSSR count). The number of hydrogen-bond acceptors (Lipinski definition) is 6. The Bertz CT molecular complexity index is 1750. The lowest BCUT2D eigenvalue weighted by molar-refractivity contribution is -0.122. The minimum absolute atomic E-state index is 0.0508. The highest BCUT2D eigenvalue weighted by molar-refractivity contribution is 6.38. The maximum absolute atomic E-state index is 12.9. The van der Waals surface area contributed by atoms with E-state index in [4.69, 9.17) is 34.4 Å². The van der Waals surface area contributed by atoms with E-state index >= 15 is 0 Å². The lowest BCUT2D eigenvalue weighted by atomic mass is 10.1. The molecular weight excluding hydrogens is 589 g/mol. The summed E-state index contributed by atoms with van der Waals surface area (Å²) in [4.78, 5) is 47.1. The van der Waals surface area contributed by atoms with Gasteiger partial charge in [0.1, 0.15) is 23.6 Å². The maximum atomic E-state index is 12.9. The molecule has 2 N–H and O–H groups in total. The van der Waals surface area contributed by atoms with Crippen LogP contribution in [0.25, 0.3) is 17.0 Å². The molecule has 2 aromatic carbocycles. The van der Waals surface area contributed by atoms with Gasteiger partial charge in [0.2, 0.25) is 11.8 Å². The van der Waals surface area contributed by atoms with Crippen molar-refractivity contribution >= 4 is 63.6 Å². The second-order valence-electron chi connectivity index (χ2n) is 9.30. The number of likely N-dealkylation sites (N-methyl/N-ethyl adjacent to an activating group) is 1. The third-order valence-electron chi connectivity index (χ3n) is 6.31. The number of aryl methyl sites for hydroxylation is 1. The number of terminal acetylenes is 1. The highest BCUT2D eigenvalue weighted by Crippen LogP contribution is 2.35. The molecule has 0 unspecified atom stereocenters. The Morgan fingerprint density at radius 2 is 1.88 bits per heavy atom. The number of pyridine rings is 2. The van der Waals surface area contributed by atoms with Gasteiger partial charge in [-0.05, 0) is 48.9 Å². The van der Waals surface area contributed by atoms with Gasteiger partial charge in [0.25, 0.3) is 5.91 Å². The Morgan fingerprint density at radius 1 is 1.07 bits per heavy atom. The second kappa shape index (κ2) is 14.3. The number of carbonyl (C=O) groups excluding carboxylic acids is 3. The zero-order valence-corrected chi connectivity index (χ0v) is 24.9. The molecule has 218 valence electrons. The minimum atomic E-state index is -0.493. The summed E-state index contributed by atoms with van der Waals surface area (Å²) in [5.41, 5.74) is 3.28. The van der Waals surface area contributed by atoms with Crippen LogP contribution in [0.5, 0.6) is 5.75 Å². The van der Waals surface area contributed by atoms with Crippen molar-refractivity contribution in [2.45, 2.75) is 13.5 Å². The third kappa shape index (κ3) is 7.89. The quantitative estimate of drug-likeness (QED) is 0.192. The monoisotopic (exact) mass is 615 g/mol. The average Bonchev–Trinajstić information content (AvgIpc) is 3.01. The predicted molar refractivity (Wildman–Crippen MR) is 168 cm³/mol. The maximum Gasteiger partial charge on any atom is 0.270 e. The summed E-state index contributed by atoms with van der Waals surface area (Å²) in [6, 6.07) is 15.9. The van der Waals surface area contributed by atoms with Gasteiger partial charge in [-0.3, -0.25) is 19.4 Å². The van der Waals surface area contributed by atoms with E-state index in [1.54, 1.807) is 25.2 Å². The van der Waals surface area contributed by atoms with Crippen LogP contribution in [0.3, 0.4) is 0 Å². The highest BCUT2D eigenvalue weighted by atomic mass is 35.5. The Balaban J connectivity index is 1.36. The molecule has 0 spiro atoms. The van der Waals surface area contributed by atoms with Crippen LogP contribution in [0.15, 0.2) is 66.9 Å². The van der Waals surface area contributed by atoms with Gasteiger partial charge in [-0.25, -0.2) is 4.98 Å². The summed E-state index contributed by atoms with van der Waals surface area (Å²) >= 11 is 13.1. The van der Waals surface area contributed by atoms with Gasteiger partial charge in [0.15, 0.2) is 0 Å². The fourth-order valence-corrected chi connectivity index (χ4v) is 4.57. The van der Waals surface area contributed by atoms with Gasteiger partial charge in [0, 0.05) is 41.0 Å². The van der Waals surface area contributed by atoms with Crippen LogP contribution >= 0.6 is 23.2 Å². The van der Waals surface area contributed by atoms with E-state index in [1.165, 1.54) is 29.3 Å². The first-order valence-corrected chi connectivity index (χ1v) is 13.8. The van der Waals surface area contributed by atoms with E-state index in [1.807, 2.05) is 37.3 Å². The Hall–Kier alpha value is -4.91. The lowest BCUT2D eigenvalue weighted by Crippen LogP contribution is -2.37. The smallest absolute Gasteiger partial charge is 0.270 e. The van der Waals surface area contributed by atoms with Gasteiger partial charge >= 0.3 is 0 Å². The molecule has 0 atom stereocenters. The summed E-state index contributed by atoms with van der Waals surface area (Å²) < 4.78 is 6.06. The second-order valence-corrected chi connectivity index (χ2v) is 10.1. The van der Waals surface area contributed by atoms with Crippen LogP contribution in [0.2, 0.25) is 10.0 Å². The first-order valence-electron chi connectivity index (χ1n) is 13.0. The van der Waals surface area contributed by atoms with Gasteiger partial charge < -0.3 is 20.3 Å². The van der Waals surface area contributed by atoms with Crippen molar-refractivity contribution in [2.75, 3.05) is 25.0 Å². The molecule has 0 aliphatic rings. The van der Waals surface area contributed by atoms with Gasteiger partial charge in [0.05, 0.1) is 23.8 Å². The van der Waals surface area contributed by atoms with E-state index in [2.05, 4.69) is 26.5 Å². The molecule has 0 fully saturated rings. The number of benzene rings is 2. The molecular formula is C32H27Cl2N5O4. The summed E-state index contributed by atoms with van der Waals surface area (Å²) in [5.74, 6) is 1.59. The van der Waals surface area contributed by atoms with Crippen molar-refractivity contribution < 1.29 is 19.1 Å². The largest absolute Gasteiger partial charge is 0.487 e. The topological polar surface area (TPSA) is 114 Å². The molecule has 0 aliphatic carbocycles. The number of nitrogens with zero attached hydrogens (tertiary/aromatic N) is 3. The van der Waals surface area contributed by atoms with Crippen LogP contribution in [-0.4, -0.2) is 47.8 Å². The zero-order valence-electron chi connectivity index (χ0n) is 23.4. The number of nitrogens with one attached hydrogen (secondary N) is 2. The van der Waals surface area contributed by atoms with Crippen molar-refractivity contribution in [1.82, 2.24) is 20.6 Å². The fraction of sp³-hybridized carbons (Fsp3) is 0.156. The highest BCUT2D eigenvalue weighted by Gasteiger charge is 2.19. The SMILES string of the molecule is C#CCNC(=O)c1ccc(/C=C/C(=O)NCC(=O)N(C)c2ccc(Cl)c(COc3cccc4ccc(C)nc34)c2Cl)cn1. The lowest BCUT2D eigenvalue weighted by Gasteiger charge is -2.21. The number of rotatable bonds is 10. The number of anilines is 1. The van der Waals surface area contributed by atoms with E-state index in [-0.39, 0.29) is 30.4 Å². The number of amides is 3. The van der Waals surface area contributed by atoms with Crippen LogP contribution in [0, 0.1) is 19.3 Å². The molecule has 43 heavy (non-hydrogen) atoms. The summed E-state index contributed by atoms with van der Waals surface area (Å²) in [6.45, 7) is 1.77. The zero-order chi connectivity index (χ0) is 30.9. The van der Waals surface area contributed by atoms with E-state index in [9.17, 15) is 14.4 Å². The molecule has 9 nitrogen and oxygen atoms in total. The number of hydrogen-bond donors (Lipinski definition) is 2. The molecule has 11 heteroatoms. The Kier molecular flexibility index (Phi) is 10.3. The van der Waals surface area contributed by atoms with E-state index in [0.29, 0.717) is 27.6 Å². The summed E-state index contributed by atoms with van der Waals surface area (Å²) in [6.07, 6.45) is 9.34. The minimum Gasteiger partial charge on any atom is -0.487 e. The predicted octanol–water partition coefficient (Wildman–Crippen LogP) is 4.98. The Morgan fingerprint density at radius 3 is 2.63 bits per heavy atom. The van der Waals surface area contributed by atoms with Gasteiger partial charge in [-0.1, -0.05) is 53.4 Å². The summed E-state index contributed by atoms with van der Waals surface area (Å²) in [5, 5.41) is 6.64. The van der Waals surface area contributed by atoms with Gasteiger partial charge in [-0.15, -0.1) is 6.42 Å². The third-order valence-corrected chi connectivity index (χ3v) is 7.08. The van der Waals surface area contributed by atoms with Crippen molar-refractivity contribution in [3.8, 4) is 18.1 Å². The van der Waals surface area contributed by atoms with Crippen LogP contribution in [-0.2, 0) is 16.2 Å². The molecule has 4 aromatic rings. The molecule has 0 saturated carbocycles. The van der Waals surface area contributed by atoms with Crippen molar-refractivity contribution in [3.63, 3.8) is 0 Å². The average molecular weight is 617 g/mol. The van der Waals surface area contributed by atoms with E-state index < -0.39 is 17.7 Å². The Labute approximate surface area is 258 Å². The van der Waals surface area contributed by atoms with Crippen molar-refractivity contribution in [2.24, 2.45) is 0 Å². The van der Waals surface area contributed by atoms with Crippen LogP contribution in [0.4, 0.5) is 5.69 Å². The number of para-hydroxylation sites is 1. The van der Waals surface area contributed by atoms with E-state index in [0.717, 1.165) is 16.6 Å². The number of aromatic nitrogens is 2. The summed E-state index contributed by atoms with van der Waals surface area (Å²) in [7, 11) is 1.55. The molecule has 0 radical (unpaired) electrons. The van der Waals surface area contributed by atoms with Gasteiger partial charge in [-0.2, -0.15) is 0 Å². The first-order chi connectivity index (χ1) is 20.7. The number of fused-ring (bicyclic) bond motifs is 1. The molecule has 3 amide bonds. The number of halogens is 2. The van der Waals surface area contributed by atoms with Crippen molar-refractivity contribution in [3.05, 3.63) is 99.4 Å². The molecule has 2 heterocycles. The van der Waals surface area contributed by atoms with Crippen molar-refractivity contribution in [1.29, 1.82) is 0 Å². The molecule has 0 aliphatic heterocycles. The van der Waals surface area contributed by atoms with Crippen LogP contribution < -0.4 is 20.3 Å². The molecule has 0 bridgehead atoms. The molecule has 0 saturated heterocycles. The fourth-order valence-electron chi connectivity index (χ4n) is 3.97. The standard InChI is InChI=1S/C32H27Cl2N5O4/c1-4-16-35-32(42)25-13-9-21(17-36-25)10-15-28(40)37-18-29(41)39(3)26-14-12-24(33)23(30(26)34)19-43-27-7-5-6-22-11-8-20(2)38-31(22)27/h1,5-15,17H,16,18-19H2,2-3H3,(H,35,42)(H,37,40)/b15-10+. The van der Waals surface area contributed by atoms with Crippen LogP contribution in [0.1, 0.15) is 27.3 Å². The molecule has 2 aromatic heterocycles.